The molecule has 1 aromatic carbocycles. The summed E-state index contributed by atoms with van der Waals surface area (Å²) in [7, 11) is 0. The van der Waals surface area contributed by atoms with E-state index in [4.69, 9.17) is 4.74 Å². The summed E-state index contributed by atoms with van der Waals surface area (Å²) in [6.07, 6.45) is 0.777. The summed E-state index contributed by atoms with van der Waals surface area (Å²) in [5.74, 6) is 0.641. The standard InChI is InChI=1S/C14H19NO2/c16-14(6-7-17-11-14)10-15-8-13(9-15)12-4-2-1-3-5-12/h1-5,13,16H,6-11H2. The monoisotopic (exact) mass is 233 g/mol. The predicted octanol–water partition coefficient (Wildman–Crippen LogP) is 1.24. The third-order valence-electron chi connectivity index (χ3n) is 3.83. The zero-order chi connectivity index (χ0) is 11.7. The van der Waals surface area contributed by atoms with E-state index in [0.29, 0.717) is 19.1 Å². The van der Waals surface area contributed by atoms with Gasteiger partial charge in [0.25, 0.3) is 0 Å². The van der Waals surface area contributed by atoms with E-state index in [1.807, 2.05) is 0 Å². The van der Waals surface area contributed by atoms with E-state index in [9.17, 15) is 5.11 Å². The van der Waals surface area contributed by atoms with Crippen LogP contribution in [-0.4, -0.2) is 48.5 Å². The van der Waals surface area contributed by atoms with Crippen molar-refractivity contribution in [3.05, 3.63) is 35.9 Å². The van der Waals surface area contributed by atoms with Gasteiger partial charge in [-0.3, -0.25) is 4.90 Å². The SMILES string of the molecule is OC1(CN2CC(c3ccccc3)C2)CCOC1. The highest BCUT2D eigenvalue weighted by atomic mass is 16.5. The average Bonchev–Trinajstić information content (AvgIpc) is 2.72. The Hall–Kier alpha value is -0.900. The van der Waals surface area contributed by atoms with Crippen LogP contribution in [0.5, 0.6) is 0 Å². The topological polar surface area (TPSA) is 32.7 Å². The summed E-state index contributed by atoms with van der Waals surface area (Å²) < 4.78 is 5.26. The van der Waals surface area contributed by atoms with Crippen molar-refractivity contribution in [3.63, 3.8) is 0 Å². The Bertz CT molecular complexity index is 367. The van der Waals surface area contributed by atoms with Crippen LogP contribution < -0.4 is 0 Å². The minimum Gasteiger partial charge on any atom is -0.386 e. The van der Waals surface area contributed by atoms with Gasteiger partial charge < -0.3 is 9.84 Å². The summed E-state index contributed by atoms with van der Waals surface area (Å²) in [4.78, 5) is 2.33. The van der Waals surface area contributed by atoms with Crippen molar-refractivity contribution in [2.75, 3.05) is 32.8 Å². The molecule has 92 valence electrons. The smallest absolute Gasteiger partial charge is 0.103 e. The lowest BCUT2D eigenvalue weighted by Crippen LogP contribution is -2.52. The van der Waals surface area contributed by atoms with Gasteiger partial charge in [-0.25, -0.2) is 0 Å². The van der Waals surface area contributed by atoms with Crippen LogP contribution in [0.2, 0.25) is 0 Å². The van der Waals surface area contributed by atoms with E-state index in [0.717, 1.165) is 26.1 Å². The first-order valence-electron chi connectivity index (χ1n) is 6.33. The summed E-state index contributed by atoms with van der Waals surface area (Å²) in [6.45, 7) is 4.08. The number of nitrogens with zero attached hydrogens (tertiary/aromatic N) is 1. The van der Waals surface area contributed by atoms with E-state index in [1.54, 1.807) is 0 Å². The Balaban J connectivity index is 1.52. The van der Waals surface area contributed by atoms with Crippen molar-refractivity contribution in [2.45, 2.75) is 17.9 Å². The number of aliphatic hydroxyl groups is 1. The Labute approximate surface area is 102 Å². The fraction of sp³-hybridized carbons (Fsp3) is 0.571. The van der Waals surface area contributed by atoms with Gasteiger partial charge in [0.1, 0.15) is 5.60 Å². The molecule has 2 saturated heterocycles. The van der Waals surface area contributed by atoms with Gasteiger partial charge in [-0.1, -0.05) is 30.3 Å². The van der Waals surface area contributed by atoms with Crippen molar-refractivity contribution in [2.24, 2.45) is 0 Å². The maximum Gasteiger partial charge on any atom is 0.103 e. The van der Waals surface area contributed by atoms with Crippen LogP contribution in [0.1, 0.15) is 17.9 Å². The zero-order valence-electron chi connectivity index (χ0n) is 10.0. The maximum atomic E-state index is 10.2. The lowest BCUT2D eigenvalue weighted by Gasteiger charge is -2.42. The highest BCUT2D eigenvalue weighted by molar-refractivity contribution is 5.22. The Morgan fingerprint density at radius 1 is 1.29 bits per heavy atom. The van der Waals surface area contributed by atoms with Crippen LogP contribution in [0.15, 0.2) is 30.3 Å². The van der Waals surface area contributed by atoms with Gasteiger partial charge in [-0.15, -0.1) is 0 Å². The molecule has 0 aromatic heterocycles. The van der Waals surface area contributed by atoms with Gasteiger partial charge in [0.05, 0.1) is 6.61 Å². The van der Waals surface area contributed by atoms with E-state index >= 15 is 0 Å². The number of ether oxygens (including phenoxy) is 1. The summed E-state index contributed by atoms with van der Waals surface area (Å²) in [5, 5.41) is 10.2. The van der Waals surface area contributed by atoms with E-state index in [1.165, 1.54) is 5.56 Å². The highest BCUT2D eigenvalue weighted by Crippen LogP contribution is 2.29. The average molecular weight is 233 g/mol. The number of hydrogen-bond donors (Lipinski definition) is 1. The fourth-order valence-corrected chi connectivity index (χ4v) is 2.77. The minimum absolute atomic E-state index is 0.500. The molecule has 0 bridgehead atoms. The third kappa shape index (κ3) is 2.37. The van der Waals surface area contributed by atoms with Gasteiger partial charge in [0.15, 0.2) is 0 Å². The number of likely N-dealkylation sites (tertiary alicyclic amines) is 1. The number of benzene rings is 1. The molecule has 2 aliphatic heterocycles. The normalized spacial score (nSPS) is 30.4. The molecule has 0 aliphatic carbocycles. The molecule has 3 nitrogen and oxygen atoms in total. The molecule has 3 rings (SSSR count). The molecule has 1 atom stereocenters. The second kappa shape index (κ2) is 4.41. The first-order valence-corrected chi connectivity index (χ1v) is 6.33. The first-order chi connectivity index (χ1) is 8.25. The third-order valence-corrected chi connectivity index (χ3v) is 3.83. The van der Waals surface area contributed by atoms with Gasteiger partial charge in [-0.2, -0.15) is 0 Å². The van der Waals surface area contributed by atoms with E-state index < -0.39 is 5.60 Å². The summed E-state index contributed by atoms with van der Waals surface area (Å²) in [6, 6.07) is 10.6. The quantitative estimate of drug-likeness (QED) is 0.852. The van der Waals surface area contributed by atoms with Crippen molar-refractivity contribution >= 4 is 0 Å². The van der Waals surface area contributed by atoms with Crippen molar-refractivity contribution in [1.29, 1.82) is 0 Å². The molecular formula is C14H19NO2. The minimum atomic E-state index is -0.596. The van der Waals surface area contributed by atoms with Gasteiger partial charge in [0, 0.05) is 38.6 Å². The molecule has 1 N–H and O–H groups in total. The molecule has 17 heavy (non-hydrogen) atoms. The van der Waals surface area contributed by atoms with E-state index in [-0.39, 0.29) is 0 Å². The molecule has 0 radical (unpaired) electrons. The lowest BCUT2D eigenvalue weighted by molar-refractivity contribution is -0.0245. The van der Waals surface area contributed by atoms with Crippen LogP contribution in [0, 0.1) is 0 Å². The predicted molar refractivity (Wildman–Crippen MR) is 66.0 cm³/mol. The van der Waals surface area contributed by atoms with Crippen molar-refractivity contribution in [1.82, 2.24) is 4.90 Å². The largest absolute Gasteiger partial charge is 0.386 e. The fourth-order valence-electron chi connectivity index (χ4n) is 2.77. The van der Waals surface area contributed by atoms with Crippen molar-refractivity contribution < 1.29 is 9.84 Å². The van der Waals surface area contributed by atoms with Crippen LogP contribution in [-0.2, 0) is 4.74 Å². The number of β-amino-alcohol motifs (C(OH)–C–C–N with tert-alkyl or cyclic N) is 1. The second-order valence-corrected chi connectivity index (χ2v) is 5.33. The number of hydrogen-bond acceptors (Lipinski definition) is 3. The van der Waals surface area contributed by atoms with Gasteiger partial charge >= 0.3 is 0 Å². The Morgan fingerprint density at radius 2 is 2.06 bits per heavy atom. The van der Waals surface area contributed by atoms with Crippen LogP contribution in [0.25, 0.3) is 0 Å². The molecule has 2 fully saturated rings. The molecule has 0 saturated carbocycles. The molecule has 3 heteroatoms. The molecular weight excluding hydrogens is 214 g/mol. The maximum absolute atomic E-state index is 10.2. The zero-order valence-corrected chi connectivity index (χ0v) is 10.0. The summed E-state index contributed by atoms with van der Waals surface area (Å²) in [5.41, 5.74) is 0.820. The Kier molecular flexibility index (Phi) is 2.90. The molecule has 2 aliphatic rings. The van der Waals surface area contributed by atoms with Crippen LogP contribution >= 0.6 is 0 Å². The first kappa shape index (κ1) is 11.2. The second-order valence-electron chi connectivity index (χ2n) is 5.33. The molecule has 1 unspecified atom stereocenters. The van der Waals surface area contributed by atoms with Crippen LogP contribution in [0.3, 0.4) is 0 Å². The summed E-state index contributed by atoms with van der Waals surface area (Å²) >= 11 is 0. The van der Waals surface area contributed by atoms with Crippen molar-refractivity contribution in [3.8, 4) is 0 Å². The van der Waals surface area contributed by atoms with Gasteiger partial charge in [0.2, 0.25) is 0 Å². The van der Waals surface area contributed by atoms with Crippen LogP contribution in [0.4, 0.5) is 0 Å². The van der Waals surface area contributed by atoms with Gasteiger partial charge in [-0.05, 0) is 5.56 Å². The Morgan fingerprint density at radius 3 is 2.71 bits per heavy atom. The highest BCUT2D eigenvalue weighted by Gasteiger charge is 2.38. The molecule has 0 spiro atoms. The molecule has 2 heterocycles. The lowest BCUT2D eigenvalue weighted by atomic mass is 9.89. The number of rotatable bonds is 3. The van der Waals surface area contributed by atoms with E-state index in [2.05, 4.69) is 35.2 Å². The molecule has 0 amide bonds. The molecule has 1 aromatic rings.